The van der Waals surface area contributed by atoms with E-state index in [9.17, 15) is 13.2 Å². The molecule has 30 heavy (non-hydrogen) atoms. The van der Waals surface area contributed by atoms with Crippen molar-refractivity contribution >= 4 is 33.2 Å². The lowest BCUT2D eigenvalue weighted by Crippen LogP contribution is -2.25. The molecule has 3 aromatic rings. The molecule has 2 N–H and O–H groups in total. The summed E-state index contributed by atoms with van der Waals surface area (Å²) in [5, 5.41) is 3.36. The minimum atomic E-state index is -3.74. The van der Waals surface area contributed by atoms with Crippen molar-refractivity contribution in [2.24, 2.45) is 0 Å². The number of nitrogens with zero attached hydrogens (tertiary/aromatic N) is 1. The van der Waals surface area contributed by atoms with E-state index in [4.69, 9.17) is 16.3 Å². The van der Waals surface area contributed by atoms with Gasteiger partial charge in [0.25, 0.3) is 15.9 Å². The van der Waals surface area contributed by atoms with Crippen LogP contribution in [-0.4, -0.2) is 25.4 Å². The normalized spacial score (nSPS) is 13.5. The number of amides is 1. The summed E-state index contributed by atoms with van der Waals surface area (Å²) in [5.74, 6) is 0.377. The molecule has 1 amide bonds. The average Bonchev–Trinajstić information content (AvgIpc) is 3.54. The zero-order chi connectivity index (χ0) is 21.1. The van der Waals surface area contributed by atoms with Crippen molar-refractivity contribution in [3.8, 4) is 11.6 Å². The Morgan fingerprint density at radius 3 is 2.40 bits per heavy atom. The summed E-state index contributed by atoms with van der Waals surface area (Å²) in [6.07, 6.45) is 3.50. The van der Waals surface area contributed by atoms with Crippen LogP contribution >= 0.6 is 11.6 Å². The number of rotatable bonds is 7. The van der Waals surface area contributed by atoms with Gasteiger partial charge in [-0.25, -0.2) is 13.4 Å². The number of hydrogen-bond acceptors (Lipinski definition) is 5. The zero-order valence-electron chi connectivity index (χ0n) is 15.7. The monoisotopic (exact) mass is 443 g/mol. The number of halogens is 1. The molecule has 0 aliphatic heterocycles. The Labute approximate surface area is 179 Å². The van der Waals surface area contributed by atoms with Gasteiger partial charge in [-0.05, 0) is 73.5 Å². The highest BCUT2D eigenvalue weighted by Crippen LogP contribution is 2.27. The van der Waals surface area contributed by atoms with E-state index in [-0.39, 0.29) is 22.7 Å². The first-order valence-electron chi connectivity index (χ1n) is 9.23. The van der Waals surface area contributed by atoms with E-state index < -0.39 is 10.0 Å². The van der Waals surface area contributed by atoms with Crippen LogP contribution in [-0.2, 0) is 10.0 Å². The molecule has 1 aromatic heterocycles. The molecule has 0 atom stereocenters. The van der Waals surface area contributed by atoms with Gasteiger partial charge >= 0.3 is 0 Å². The zero-order valence-corrected chi connectivity index (χ0v) is 17.3. The first-order valence-corrected chi connectivity index (χ1v) is 11.1. The fraction of sp³-hybridized carbons (Fsp3) is 0.143. The number of aromatic nitrogens is 1. The highest BCUT2D eigenvalue weighted by molar-refractivity contribution is 7.92. The lowest BCUT2D eigenvalue weighted by molar-refractivity contribution is 0.0948. The summed E-state index contributed by atoms with van der Waals surface area (Å²) in [5.41, 5.74) is 0.710. The van der Waals surface area contributed by atoms with E-state index in [1.54, 1.807) is 36.4 Å². The summed E-state index contributed by atoms with van der Waals surface area (Å²) < 4.78 is 33.2. The van der Waals surface area contributed by atoms with Crippen LogP contribution in [0.2, 0.25) is 5.02 Å². The number of hydrogen-bond donors (Lipinski definition) is 2. The third-order valence-corrected chi connectivity index (χ3v) is 6.02. The van der Waals surface area contributed by atoms with Crippen LogP contribution in [0.1, 0.15) is 23.2 Å². The second-order valence-corrected chi connectivity index (χ2v) is 8.91. The summed E-state index contributed by atoms with van der Waals surface area (Å²) >= 11 is 5.80. The number of carbonyl (C=O) groups is 1. The molecule has 0 spiro atoms. The van der Waals surface area contributed by atoms with Crippen LogP contribution in [0.4, 0.5) is 5.69 Å². The lowest BCUT2D eigenvalue weighted by atomic mass is 10.2. The maximum absolute atomic E-state index is 12.5. The molecule has 1 aliphatic carbocycles. The molecule has 4 rings (SSSR count). The van der Waals surface area contributed by atoms with Crippen LogP contribution in [0.25, 0.3) is 0 Å². The van der Waals surface area contributed by atoms with Crippen LogP contribution in [0, 0.1) is 0 Å². The van der Waals surface area contributed by atoms with Crippen LogP contribution < -0.4 is 14.8 Å². The van der Waals surface area contributed by atoms with Gasteiger partial charge in [0.05, 0.1) is 4.90 Å². The third kappa shape index (κ3) is 4.90. The second kappa shape index (κ2) is 8.33. The van der Waals surface area contributed by atoms with E-state index in [2.05, 4.69) is 15.0 Å². The number of benzene rings is 2. The van der Waals surface area contributed by atoms with Crippen molar-refractivity contribution in [1.82, 2.24) is 10.3 Å². The summed E-state index contributed by atoms with van der Waals surface area (Å²) in [6, 6.07) is 15.7. The minimum absolute atomic E-state index is 0.104. The highest BCUT2D eigenvalue weighted by Gasteiger charge is 2.25. The van der Waals surface area contributed by atoms with Crippen LogP contribution in [0.5, 0.6) is 11.6 Å². The van der Waals surface area contributed by atoms with Crippen molar-refractivity contribution < 1.29 is 17.9 Å². The minimum Gasteiger partial charge on any atom is -0.438 e. The number of nitrogens with one attached hydrogen (secondary N) is 2. The molecule has 2 aromatic carbocycles. The molecule has 0 unspecified atom stereocenters. The molecule has 7 nitrogen and oxygen atoms in total. The fourth-order valence-electron chi connectivity index (χ4n) is 2.67. The van der Waals surface area contributed by atoms with E-state index >= 15 is 0 Å². The van der Waals surface area contributed by atoms with Crippen molar-refractivity contribution in [2.45, 2.75) is 23.8 Å². The van der Waals surface area contributed by atoms with Gasteiger partial charge in [0, 0.05) is 22.9 Å². The highest BCUT2D eigenvalue weighted by atomic mass is 35.5. The molecular weight excluding hydrogens is 426 g/mol. The lowest BCUT2D eigenvalue weighted by Gasteiger charge is -2.11. The predicted octanol–water partition coefficient (Wildman–Crippen LogP) is 4.22. The number of ether oxygens (including phenoxy) is 1. The van der Waals surface area contributed by atoms with Gasteiger partial charge in [-0.3, -0.25) is 9.52 Å². The molecule has 1 saturated carbocycles. The van der Waals surface area contributed by atoms with E-state index in [1.165, 1.54) is 30.5 Å². The molecule has 1 heterocycles. The van der Waals surface area contributed by atoms with Gasteiger partial charge in [0.15, 0.2) is 0 Å². The van der Waals surface area contributed by atoms with Crippen LogP contribution in [0.3, 0.4) is 0 Å². The Morgan fingerprint density at radius 1 is 1.03 bits per heavy atom. The van der Waals surface area contributed by atoms with Gasteiger partial charge in [-0.15, -0.1) is 0 Å². The quantitative estimate of drug-likeness (QED) is 0.569. The molecular formula is C21H18ClN3O4S. The largest absolute Gasteiger partial charge is 0.438 e. The molecule has 0 saturated heterocycles. The summed E-state index contributed by atoms with van der Waals surface area (Å²) in [4.78, 5) is 16.6. The van der Waals surface area contributed by atoms with Gasteiger partial charge in [-0.1, -0.05) is 11.6 Å². The smallest absolute Gasteiger partial charge is 0.261 e. The maximum Gasteiger partial charge on any atom is 0.261 e. The first-order chi connectivity index (χ1) is 14.4. The standard InChI is InChI=1S/C21H18ClN3O4S/c22-14-3-11-18(12-4-14)30(27,28)25-16-7-9-17(10-8-16)29-21-19(2-1-13-23-21)20(26)24-15-5-6-15/h1-4,7-13,15,25H,5-6H2,(H,24,26). The van der Waals surface area contributed by atoms with E-state index in [0.29, 0.717) is 22.0 Å². The van der Waals surface area contributed by atoms with Gasteiger partial charge in [-0.2, -0.15) is 0 Å². The third-order valence-electron chi connectivity index (χ3n) is 4.37. The van der Waals surface area contributed by atoms with Crippen LogP contribution in [0.15, 0.2) is 71.8 Å². The number of carbonyl (C=O) groups excluding carboxylic acids is 1. The van der Waals surface area contributed by atoms with E-state index in [0.717, 1.165) is 12.8 Å². The molecule has 1 aliphatic rings. The summed E-state index contributed by atoms with van der Waals surface area (Å²) in [7, 11) is -3.74. The van der Waals surface area contributed by atoms with Crippen molar-refractivity contribution in [1.29, 1.82) is 0 Å². The Bertz CT molecular complexity index is 1160. The summed E-state index contributed by atoms with van der Waals surface area (Å²) in [6.45, 7) is 0. The Hall–Kier alpha value is -3.10. The van der Waals surface area contributed by atoms with Crippen molar-refractivity contribution in [3.63, 3.8) is 0 Å². The van der Waals surface area contributed by atoms with Gasteiger partial charge in [0.2, 0.25) is 5.88 Å². The predicted molar refractivity (Wildman–Crippen MR) is 114 cm³/mol. The Balaban J connectivity index is 1.47. The molecule has 9 heteroatoms. The fourth-order valence-corrected chi connectivity index (χ4v) is 3.85. The number of pyridine rings is 1. The maximum atomic E-state index is 12.5. The first kappa shape index (κ1) is 20.2. The second-order valence-electron chi connectivity index (χ2n) is 6.79. The topological polar surface area (TPSA) is 97.4 Å². The van der Waals surface area contributed by atoms with Crippen molar-refractivity contribution in [3.05, 3.63) is 77.4 Å². The Kier molecular flexibility index (Phi) is 5.61. The van der Waals surface area contributed by atoms with E-state index in [1.807, 2.05) is 0 Å². The van der Waals surface area contributed by atoms with Gasteiger partial charge < -0.3 is 10.1 Å². The number of anilines is 1. The molecule has 0 radical (unpaired) electrons. The average molecular weight is 444 g/mol. The molecule has 1 fully saturated rings. The van der Waals surface area contributed by atoms with Gasteiger partial charge in [0.1, 0.15) is 11.3 Å². The Morgan fingerprint density at radius 2 is 1.73 bits per heavy atom. The number of sulfonamides is 1. The van der Waals surface area contributed by atoms with Crippen molar-refractivity contribution in [2.75, 3.05) is 4.72 Å². The SMILES string of the molecule is O=C(NC1CC1)c1cccnc1Oc1ccc(NS(=O)(=O)c2ccc(Cl)cc2)cc1. The molecule has 0 bridgehead atoms. The molecule has 154 valence electrons.